The summed E-state index contributed by atoms with van der Waals surface area (Å²) in [4.78, 5) is 2.28. The van der Waals surface area contributed by atoms with Crippen LogP contribution in [-0.4, -0.2) is 35.2 Å². The summed E-state index contributed by atoms with van der Waals surface area (Å²) < 4.78 is 13.5. The Kier molecular flexibility index (Phi) is 6.66. The van der Waals surface area contributed by atoms with Crippen LogP contribution in [0.25, 0.3) is 0 Å². The summed E-state index contributed by atoms with van der Waals surface area (Å²) in [5, 5.41) is 18.3. The zero-order valence-electron chi connectivity index (χ0n) is 12.8. The van der Waals surface area contributed by atoms with Crippen molar-refractivity contribution >= 4 is 12.6 Å². The maximum absolute atomic E-state index is 13.5. The number of rotatable bonds is 7. The molecule has 0 radical (unpaired) electrons. The number of halogens is 1. The van der Waals surface area contributed by atoms with E-state index in [0.717, 1.165) is 24.7 Å². The molecule has 0 bridgehead atoms. The van der Waals surface area contributed by atoms with Crippen LogP contribution in [0.4, 0.5) is 4.39 Å². The van der Waals surface area contributed by atoms with E-state index in [1.807, 2.05) is 0 Å². The van der Waals surface area contributed by atoms with Crippen molar-refractivity contribution in [3.05, 3.63) is 29.6 Å². The van der Waals surface area contributed by atoms with Crippen molar-refractivity contribution < 1.29 is 14.4 Å². The molecule has 0 aliphatic carbocycles. The summed E-state index contributed by atoms with van der Waals surface area (Å²) in [5.41, 5.74) is 0.975. The first-order valence-corrected chi connectivity index (χ1v) is 7.15. The molecule has 112 valence electrons. The summed E-state index contributed by atoms with van der Waals surface area (Å²) in [6.45, 7) is 11.1. The number of benzene rings is 1. The highest BCUT2D eigenvalue weighted by atomic mass is 19.1. The second-order valence-electron chi connectivity index (χ2n) is 6.25. The van der Waals surface area contributed by atoms with Crippen LogP contribution >= 0.6 is 0 Å². The largest absolute Gasteiger partial charge is 0.488 e. The van der Waals surface area contributed by atoms with Crippen molar-refractivity contribution in [2.24, 2.45) is 11.8 Å². The molecule has 0 aliphatic heterocycles. The smallest absolute Gasteiger partial charge is 0.423 e. The minimum absolute atomic E-state index is 0.203. The Balaban J connectivity index is 2.86. The molecule has 0 atom stereocenters. The molecule has 0 saturated heterocycles. The molecule has 0 aliphatic rings. The lowest BCUT2D eigenvalue weighted by atomic mass is 9.79. The van der Waals surface area contributed by atoms with Crippen LogP contribution in [0.2, 0.25) is 0 Å². The first kappa shape index (κ1) is 17.1. The minimum atomic E-state index is -1.63. The van der Waals surface area contributed by atoms with Gasteiger partial charge in [0.2, 0.25) is 0 Å². The maximum Gasteiger partial charge on any atom is 0.488 e. The highest BCUT2D eigenvalue weighted by molar-refractivity contribution is 6.58. The van der Waals surface area contributed by atoms with Crippen LogP contribution in [-0.2, 0) is 6.54 Å². The number of hydrogen-bond acceptors (Lipinski definition) is 3. The molecule has 0 unspecified atom stereocenters. The van der Waals surface area contributed by atoms with Gasteiger partial charge in [0.1, 0.15) is 5.82 Å². The lowest BCUT2D eigenvalue weighted by Gasteiger charge is -2.26. The van der Waals surface area contributed by atoms with Crippen molar-refractivity contribution in [1.29, 1.82) is 0 Å². The van der Waals surface area contributed by atoms with E-state index in [0.29, 0.717) is 18.4 Å². The van der Waals surface area contributed by atoms with Crippen molar-refractivity contribution in [2.45, 2.75) is 34.2 Å². The molecular formula is C15H25BFNO2. The van der Waals surface area contributed by atoms with Gasteiger partial charge in [-0.25, -0.2) is 4.39 Å². The Morgan fingerprint density at radius 2 is 1.60 bits per heavy atom. The monoisotopic (exact) mass is 281 g/mol. The van der Waals surface area contributed by atoms with Crippen LogP contribution in [0.3, 0.4) is 0 Å². The van der Waals surface area contributed by atoms with Gasteiger partial charge in [0.05, 0.1) is 0 Å². The molecule has 1 aromatic rings. The Morgan fingerprint density at radius 1 is 1.05 bits per heavy atom. The molecule has 0 amide bonds. The van der Waals surface area contributed by atoms with E-state index in [2.05, 4.69) is 32.6 Å². The molecular weight excluding hydrogens is 256 g/mol. The van der Waals surface area contributed by atoms with Gasteiger partial charge >= 0.3 is 7.12 Å². The van der Waals surface area contributed by atoms with E-state index in [1.54, 1.807) is 6.07 Å². The van der Waals surface area contributed by atoms with Crippen LogP contribution in [0.15, 0.2) is 18.2 Å². The van der Waals surface area contributed by atoms with Gasteiger partial charge in [-0.2, -0.15) is 0 Å². The average Bonchev–Trinajstić information content (AvgIpc) is 2.25. The van der Waals surface area contributed by atoms with E-state index in [-0.39, 0.29) is 5.46 Å². The van der Waals surface area contributed by atoms with E-state index >= 15 is 0 Å². The molecule has 0 heterocycles. The molecule has 2 N–H and O–H groups in total. The molecule has 1 rings (SSSR count). The minimum Gasteiger partial charge on any atom is -0.423 e. The summed E-state index contributed by atoms with van der Waals surface area (Å²) in [6, 6.07) is 4.27. The lowest BCUT2D eigenvalue weighted by molar-refractivity contribution is 0.211. The van der Waals surface area contributed by atoms with E-state index < -0.39 is 12.9 Å². The first-order valence-electron chi connectivity index (χ1n) is 7.15. The van der Waals surface area contributed by atoms with Crippen molar-refractivity contribution in [1.82, 2.24) is 4.90 Å². The quantitative estimate of drug-likeness (QED) is 0.746. The third kappa shape index (κ3) is 6.03. The average molecular weight is 281 g/mol. The first-order chi connectivity index (χ1) is 9.27. The standard InChI is InChI=1S/C15H25BFNO2/c1-11(2)8-18(9-12(3)4)10-13-5-14(16(19)20)7-15(17)6-13/h5-7,11-12,19-20H,8-10H2,1-4H3. The SMILES string of the molecule is CC(C)CN(Cc1cc(F)cc(B(O)O)c1)CC(C)C. The Bertz CT molecular complexity index is 414. The second-order valence-corrected chi connectivity index (χ2v) is 6.25. The molecule has 0 spiro atoms. The van der Waals surface area contributed by atoms with Crippen molar-refractivity contribution in [3.8, 4) is 0 Å². The maximum atomic E-state index is 13.5. The zero-order chi connectivity index (χ0) is 15.3. The predicted molar refractivity (Wildman–Crippen MR) is 81.2 cm³/mol. The van der Waals surface area contributed by atoms with Crippen LogP contribution in [0.5, 0.6) is 0 Å². The van der Waals surface area contributed by atoms with E-state index in [4.69, 9.17) is 0 Å². The number of hydrogen-bond donors (Lipinski definition) is 2. The lowest BCUT2D eigenvalue weighted by Crippen LogP contribution is -2.33. The summed E-state index contributed by atoms with van der Waals surface area (Å²) >= 11 is 0. The predicted octanol–water partition coefficient (Wildman–Crippen LogP) is 1.62. The van der Waals surface area contributed by atoms with Gasteiger partial charge in [-0.3, -0.25) is 4.90 Å². The van der Waals surface area contributed by atoms with Gasteiger partial charge in [-0.15, -0.1) is 0 Å². The van der Waals surface area contributed by atoms with Crippen molar-refractivity contribution in [3.63, 3.8) is 0 Å². The fraction of sp³-hybridized carbons (Fsp3) is 0.600. The fourth-order valence-corrected chi connectivity index (χ4v) is 2.41. The van der Waals surface area contributed by atoms with Crippen LogP contribution < -0.4 is 5.46 Å². The van der Waals surface area contributed by atoms with Gasteiger partial charge < -0.3 is 10.0 Å². The van der Waals surface area contributed by atoms with Gasteiger partial charge in [-0.1, -0.05) is 33.8 Å². The Hall–Kier alpha value is -0.905. The molecule has 0 aromatic heterocycles. The Morgan fingerprint density at radius 3 is 2.05 bits per heavy atom. The normalized spacial score (nSPS) is 11.7. The van der Waals surface area contributed by atoms with Crippen LogP contribution in [0, 0.1) is 17.7 Å². The summed E-state index contributed by atoms with van der Waals surface area (Å²) in [5.74, 6) is 0.634. The molecule has 0 saturated carbocycles. The molecule has 20 heavy (non-hydrogen) atoms. The highest BCUT2D eigenvalue weighted by Gasteiger charge is 2.15. The van der Waals surface area contributed by atoms with Gasteiger partial charge in [0.15, 0.2) is 0 Å². The van der Waals surface area contributed by atoms with E-state index in [1.165, 1.54) is 6.07 Å². The third-order valence-corrected chi connectivity index (χ3v) is 2.93. The van der Waals surface area contributed by atoms with Crippen molar-refractivity contribution in [2.75, 3.05) is 13.1 Å². The highest BCUT2D eigenvalue weighted by Crippen LogP contribution is 2.11. The third-order valence-electron chi connectivity index (χ3n) is 2.93. The number of nitrogens with zero attached hydrogens (tertiary/aromatic N) is 1. The zero-order valence-corrected chi connectivity index (χ0v) is 12.8. The van der Waals surface area contributed by atoms with E-state index in [9.17, 15) is 14.4 Å². The molecule has 5 heteroatoms. The van der Waals surface area contributed by atoms with Gasteiger partial charge in [0, 0.05) is 19.6 Å². The summed E-state index contributed by atoms with van der Waals surface area (Å²) in [6.07, 6.45) is 0. The Labute approximate surface area is 121 Å². The molecule has 0 fully saturated rings. The van der Waals surface area contributed by atoms with Gasteiger partial charge in [0.25, 0.3) is 0 Å². The van der Waals surface area contributed by atoms with Crippen LogP contribution in [0.1, 0.15) is 33.3 Å². The summed E-state index contributed by atoms with van der Waals surface area (Å²) in [7, 11) is -1.63. The molecule has 3 nitrogen and oxygen atoms in total. The van der Waals surface area contributed by atoms with Gasteiger partial charge in [-0.05, 0) is 35.0 Å². The molecule has 1 aromatic carbocycles. The second kappa shape index (κ2) is 7.77. The fourth-order valence-electron chi connectivity index (χ4n) is 2.41. The topological polar surface area (TPSA) is 43.7 Å².